The number of rotatable bonds is 6. The van der Waals surface area contributed by atoms with E-state index in [1.165, 1.54) is 0 Å². The molecule has 1 amide bonds. The molecule has 1 N–H and O–H groups in total. The largest absolute Gasteiger partial charge is 0.354 e. The minimum absolute atomic E-state index is 0.0384. The highest BCUT2D eigenvalue weighted by molar-refractivity contribution is 6.30. The molecular formula is C20H25ClN4O. The van der Waals surface area contributed by atoms with Gasteiger partial charge in [-0.1, -0.05) is 29.8 Å². The van der Waals surface area contributed by atoms with Crippen molar-refractivity contribution in [3.05, 3.63) is 64.9 Å². The number of carbonyl (C=O) groups is 1. The molecule has 1 aromatic heterocycles. The summed E-state index contributed by atoms with van der Waals surface area (Å²) in [5.41, 5.74) is 2.10. The predicted octanol–water partition coefficient (Wildman–Crippen LogP) is 2.38. The number of nitrogens with zero attached hydrogens (tertiary/aromatic N) is 3. The van der Waals surface area contributed by atoms with Crippen molar-refractivity contribution in [3.63, 3.8) is 0 Å². The maximum absolute atomic E-state index is 13.0. The molecule has 2 aromatic rings. The number of piperazine rings is 1. The molecule has 0 bridgehead atoms. The van der Waals surface area contributed by atoms with E-state index < -0.39 is 0 Å². The molecular weight excluding hydrogens is 348 g/mol. The van der Waals surface area contributed by atoms with E-state index in [4.69, 9.17) is 11.6 Å². The van der Waals surface area contributed by atoms with Gasteiger partial charge in [-0.3, -0.25) is 14.7 Å². The van der Waals surface area contributed by atoms with Crippen LogP contribution in [0.4, 0.5) is 0 Å². The summed E-state index contributed by atoms with van der Waals surface area (Å²) in [6.07, 6.45) is 4.32. The Morgan fingerprint density at radius 3 is 2.58 bits per heavy atom. The second-order valence-electron chi connectivity index (χ2n) is 6.70. The standard InChI is InChI=1S/C20H25ClN4O/c1-24-11-13-25(14-12-24)19(17-3-2-9-22-15-17)20(26)23-10-8-16-4-6-18(21)7-5-16/h2-7,9,15,19H,8,10-14H2,1H3,(H,23,26). The fraction of sp³-hybridized carbons (Fsp3) is 0.400. The Bertz CT molecular complexity index is 700. The topological polar surface area (TPSA) is 48.5 Å². The summed E-state index contributed by atoms with van der Waals surface area (Å²) in [6, 6.07) is 11.3. The molecule has 1 aliphatic rings. The van der Waals surface area contributed by atoms with E-state index in [9.17, 15) is 4.79 Å². The highest BCUT2D eigenvalue weighted by Crippen LogP contribution is 2.21. The van der Waals surface area contributed by atoms with Gasteiger partial charge >= 0.3 is 0 Å². The molecule has 1 fully saturated rings. The number of hydrogen-bond acceptors (Lipinski definition) is 4. The third-order valence-corrected chi connectivity index (χ3v) is 5.03. The number of likely N-dealkylation sites (N-methyl/N-ethyl adjacent to an activating group) is 1. The summed E-state index contributed by atoms with van der Waals surface area (Å²) in [5.74, 6) is 0.0384. The first kappa shape index (κ1) is 18.8. The first-order chi connectivity index (χ1) is 12.6. The van der Waals surface area contributed by atoms with Gasteiger partial charge < -0.3 is 10.2 Å². The molecule has 6 heteroatoms. The zero-order chi connectivity index (χ0) is 18.4. The van der Waals surface area contributed by atoms with Gasteiger partial charge in [0.05, 0.1) is 0 Å². The minimum Gasteiger partial charge on any atom is -0.354 e. The van der Waals surface area contributed by atoms with Crippen LogP contribution < -0.4 is 5.32 Å². The summed E-state index contributed by atoms with van der Waals surface area (Å²) in [6.45, 7) is 4.29. The summed E-state index contributed by atoms with van der Waals surface area (Å²) < 4.78 is 0. The molecule has 5 nitrogen and oxygen atoms in total. The first-order valence-electron chi connectivity index (χ1n) is 8.98. The Balaban J connectivity index is 1.63. The average Bonchev–Trinajstić information content (AvgIpc) is 2.66. The van der Waals surface area contributed by atoms with E-state index in [-0.39, 0.29) is 11.9 Å². The second-order valence-corrected chi connectivity index (χ2v) is 7.13. The van der Waals surface area contributed by atoms with Crippen LogP contribution in [-0.2, 0) is 11.2 Å². The first-order valence-corrected chi connectivity index (χ1v) is 9.36. The lowest BCUT2D eigenvalue weighted by atomic mass is 10.1. The molecule has 1 atom stereocenters. The second kappa shape index (κ2) is 9.12. The maximum Gasteiger partial charge on any atom is 0.242 e. The third-order valence-electron chi connectivity index (χ3n) is 4.78. The van der Waals surface area contributed by atoms with Gasteiger partial charge in [-0.25, -0.2) is 0 Å². The SMILES string of the molecule is CN1CCN(C(C(=O)NCCc2ccc(Cl)cc2)c2cccnc2)CC1. The molecule has 1 unspecified atom stereocenters. The van der Waals surface area contributed by atoms with Crippen LogP contribution in [0.1, 0.15) is 17.2 Å². The van der Waals surface area contributed by atoms with Crippen molar-refractivity contribution in [2.24, 2.45) is 0 Å². The van der Waals surface area contributed by atoms with Crippen molar-refractivity contribution in [2.45, 2.75) is 12.5 Å². The molecule has 138 valence electrons. The molecule has 3 rings (SSSR count). The average molecular weight is 373 g/mol. The highest BCUT2D eigenvalue weighted by atomic mass is 35.5. The number of amides is 1. The van der Waals surface area contributed by atoms with Gasteiger partial charge in [-0.2, -0.15) is 0 Å². The van der Waals surface area contributed by atoms with E-state index in [2.05, 4.69) is 27.1 Å². The van der Waals surface area contributed by atoms with E-state index in [1.54, 1.807) is 12.4 Å². The molecule has 1 aromatic carbocycles. The number of aromatic nitrogens is 1. The summed E-state index contributed by atoms with van der Waals surface area (Å²) in [7, 11) is 2.11. The van der Waals surface area contributed by atoms with Crippen molar-refractivity contribution in [1.29, 1.82) is 0 Å². The highest BCUT2D eigenvalue weighted by Gasteiger charge is 2.29. The molecule has 0 aliphatic carbocycles. The number of nitrogens with one attached hydrogen (secondary N) is 1. The number of halogens is 1. The fourth-order valence-electron chi connectivity index (χ4n) is 3.22. The van der Waals surface area contributed by atoms with Crippen molar-refractivity contribution in [3.8, 4) is 0 Å². The Morgan fingerprint density at radius 1 is 1.19 bits per heavy atom. The van der Waals surface area contributed by atoms with Crippen LogP contribution in [-0.4, -0.2) is 60.5 Å². The quantitative estimate of drug-likeness (QED) is 0.845. The van der Waals surface area contributed by atoms with Crippen LogP contribution in [0.15, 0.2) is 48.8 Å². The monoisotopic (exact) mass is 372 g/mol. The molecule has 1 aliphatic heterocycles. The molecule has 26 heavy (non-hydrogen) atoms. The Labute approximate surface area is 160 Å². The van der Waals surface area contributed by atoms with E-state index >= 15 is 0 Å². The Kier molecular flexibility index (Phi) is 6.61. The van der Waals surface area contributed by atoms with E-state index in [0.717, 1.165) is 48.7 Å². The predicted molar refractivity (Wildman–Crippen MR) is 104 cm³/mol. The lowest BCUT2D eigenvalue weighted by Gasteiger charge is -2.37. The summed E-state index contributed by atoms with van der Waals surface area (Å²) in [4.78, 5) is 21.7. The zero-order valence-corrected chi connectivity index (χ0v) is 15.8. The smallest absolute Gasteiger partial charge is 0.242 e. The van der Waals surface area contributed by atoms with Crippen molar-refractivity contribution < 1.29 is 4.79 Å². The molecule has 1 saturated heterocycles. The van der Waals surface area contributed by atoms with Crippen LogP contribution in [0.5, 0.6) is 0 Å². The molecule has 0 saturated carbocycles. The van der Waals surface area contributed by atoms with Crippen LogP contribution in [0.2, 0.25) is 5.02 Å². The van der Waals surface area contributed by atoms with Crippen molar-refractivity contribution in [2.75, 3.05) is 39.8 Å². The fourth-order valence-corrected chi connectivity index (χ4v) is 3.35. The maximum atomic E-state index is 13.0. The third kappa shape index (κ3) is 5.04. The van der Waals surface area contributed by atoms with E-state index in [1.807, 2.05) is 36.4 Å². The van der Waals surface area contributed by atoms with Gasteiger partial charge in [-0.05, 0) is 42.8 Å². The van der Waals surface area contributed by atoms with Gasteiger partial charge in [0.2, 0.25) is 5.91 Å². The Hall–Kier alpha value is -1.95. The van der Waals surface area contributed by atoms with Gasteiger partial charge in [-0.15, -0.1) is 0 Å². The number of hydrogen-bond donors (Lipinski definition) is 1. The lowest BCUT2D eigenvalue weighted by Crippen LogP contribution is -2.50. The minimum atomic E-state index is -0.289. The zero-order valence-electron chi connectivity index (χ0n) is 15.1. The number of carbonyl (C=O) groups excluding carboxylic acids is 1. The van der Waals surface area contributed by atoms with Gasteiger partial charge in [0.15, 0.2) is 0 Å². The Morgan fingerprint density at radius 2 is 1.92 bits per heavy atom. The number of pyridine rings is 1. The molecule has 0 radical (unpaired) electrons. The summed E-state index contributed by atoms with van der Waals surface area (Å²) >= 11 is 5.92. The molecule has 2 heterocycles. The van der Waals surface area contributed by atoms with Gasteiger partial charge in [0.25, 0.3) is 0 Å². The van der Waals surface area contributed by atoms with Gasteiger partial charge in [0.1, 0.15) is 6.04 Å². The van der Waals surface area contributed by atoms with Crippen LogP contribution in [0.3, 0.4) is 0 Å². The van der Waals surface area contributed by atoms with Crippen molar-refractivity contribution >= 4 is 17.5 Å². The lowest BCUT2D eigenvalue weighted by molar-refractivity contribution is -0.127. The van der Waals surface area contributed by atoms with Crippen LogP contribution in [0, 0.1) is 0 Å². The van der Waals surface area contributed by atoms with Gasteiger partial charge in [0, 0.05) is 50.1 Å². The molecule has 0 spiro atoms. The van der Waals surface area contributed by atoms with Crippen LogP contribution in [0.25, 0.3) is 0 Å². The van der Waals surface area contributed by atoms with E-state index in [0.29, 0.717) is 6.54 Å². The normalized spacial score (nSPS) is 17.0. The summed E-state index contributed by atoms with van der Waals surface area (Å²) in [5, 5.41) is 3.82. The number of benzene rings is 1. The van der Waals surface area contributed by atoms with Crippen LogP contribution >= 0.6 is 11.6 Å². The van der Waals surface area contributed by atoms with Crippen molar-refractivity contribution in [1.82, 2.24) is 20.1 Å².